The second-order valence-corrected chi connectivity index (χ2v) is 5.44. The van der Waals surface area contributed by atoms with Crippen molar-refractivity contribution in [3.8, 4) is 0 Å². The van der Waals surface area contributed by atoms with E-state index in [2.05, 4.69) is 16.7 Å². The van der Waals surface area contributed by atoms with Crippen molar-refractivity contribution in [1.82, 2.24) is 10.6 Å². The summed E-state index contributed by atoms with van der Waals surface area (Å²) in [5, 5.41) is 5.98. The first-order valence-electron chi connectivity index (χ1n) is 7.64. The predicted molar refractivity (Wildman–Crippen MR) is 82.3 cm³/mol. The molecule has 0 saturated carbocycles. The molecule has 0 bridgehead atoms. The normalized spacial score (nSPS) is 14.6. The van der Waals surface area contributed by atoms with Gasteiger partial charge in [-0.05, 0) is 56.3 Å². The van der Waals surface area contributed by atoms with Crippen LogP contribution in [0.15, 0.2) is 35.9 Å². The van der Waals surface area contributed by atoms with Gasteiger partial charge in [0.2, 0.25) is 5.91 Å². The highest BCUT2D eigenvalue weighted by atomic mass is 19.1. The molecular formula is C17H23FN2O. The van der Waals surface area contributed by atoms with Crippen molar-refractivity contribution in [3.63, 3.8) is 0 Å². The lowest BCUT2D eigenvalue weighted by Crippen LogP contribution is -2.34. The summed E-state index contributed by atoms with van der Waals surface area (Å²) in [6.07, 6.45) is 8.38. The SMILES string of the molecule is O=C(CNCCC1=CCCCC1)NCc1ccc(F)cc1. The topological polar surface area (TPSA) is 41.1 Å². The second kappa shape index (κ2) is 8.57. The number of benzene rings is 1. The zero-order chi connectivity index (χ0) is 14.9. The van der Waals surface area contributed by atoms with E-state index >= 15 is 0 Å². The van der Waals surface area contributed by atoms with E-state index in [-0.39, 0.29) is 11.7 Å². The fraction of sp³-hybridized carbons (Fsp3) is 0.471. The van der Waals surface area contributed by atoms with Crippen LogP contribution >= 0.6 is 0 Å². The predicted octanol–water partition coefficient (Wildman–Crippen LogP) is 2.92. The quantitative estimate of drug-likeness (QED) is 0.599. The summed E-state index contributed by atoms with van der Waals surface area (Å²) in [5.74, 6) is -0.291. The molecule has 0 spiro atoms. The van der Waals surface area contributed by atoms with Crippen molar-refractivity contribution in [2.45, 2.75) is 38.6 Å². The fourth-order valence-electron chi connectivity index (χ4n) is 2.45. The van der Waals surface area contributed by atoms with Crippen LogP contribution in [-0.4, -0.2) is 19.0 Å². The van der Waals surface area contributed by atoms with Crippen LogP contribution in [0, 0.1) is 5.82 Å². The average Bonchev–Trinajstić information content (AvgIpc) is 2.52. The Bertz CT molecular complexity index is 482. The van der Waals surface area contributed by atoms with Gasteiger partial charge in [0.15, 0.2) is 0 Å². The summed E-state index contributed by atoms with van der Waals surface area (Å²) < 4.78 is 12.7. The van der Waals surface area contributed by atoms with Crippen LogP contribution in [0.5, 0.6) is 0 Å². The Hall–Kier alpha value is -1.68. The van der Waals surface area contributed by atoms with E-state index in [1.54, 1.807) is 12.1 Å². The lowest BCUT2D eigenvalue weighted by molar-refractivity contribution is -0.120. The van der Waals surface area contributed by atoms with Crippen molar-refractivity contribution in [2.75, 3.05) is 13.1 Å². The summed E-state index contributed by atoms with van der Waals surface area (Å²) in [6, 6.07) is 6.16. The summed E-state index contributed by atoms with van der Waals surface area (Å²) in [4.78, 5) is 11.7. The number of allylic oxidation sites excluding steroid dienone is 1. The largest absolute Gasteiger partial charge is 0.351 e. The van der Waals surface area contributed by atoms with Crippen LogP contribution in [0.25, 0.3) is 0 Å². The first-order valence-corrected chi connectivity index (χ1v) is 7.64. The van der Waals surface area contributed by atoms with Gasteiger partial charge in [-0.25, -0.2) is 4.39 Å². The van der Waals surface area contributed by atoms with Gasteiger partial charge in [-0.2, -0.15) is 0 Å². The Balaban J connectivity index is 1.57. The molecule has 4 heteroatoms. The summed E-state index contributed by atoms with van der Waals surface area (Å²) >= 11 is 0. The molecule has 21 heavy (non-hydrogen) atoms. The number of carbonyl (C=O) groups excluding carboxylic acids is 1. The standard InChI is InChI=1S/C17H23FN2O/c18-16-8-6-15(7-9-16)12-20-17(21)13-19-11-10-14-4-2-1-3-5-14/h4,6-9,19H,1-3,5,10-13H2,(H,20,21). The molecule has 0 unspecified atom stereocenters. The molecule has 1 aliphatic rings. The molecule has 0 heterocycles. The van der Waals surface area contributed by atoms with Crippen LogP contribution in [0.4, 0.5) is 4.39 Å². The van der Waals surface area contributed by atoms with Gasteiger partial charge in [0.05, 0.1) is 6.54 Å². The Morgan fingerprint density at radius 2 is 2.00 bits per heavy atom. The molecule has 0 radical (unpaired) electrons. The maximum Gasteiger partial charge on any atom is 0.234 e. The maximum atomic E-state index is 12.7. The van der Waals surface area contributed by atoms with E-state index < -0.39 is 0 Å². The molecule has 1 aromatic rings. The number of hydrogen-bond acceptors (Lipinski definition) is 2. The third kappa shape index (κ3) is 6.08. The minimum atomic E-state index is -0.260. The smallest absolute Gasteiger partial charge is 0.234 e. The summed E-state index contributed by atoms with van der Waals surface area (Å²) in [6.45, 7) is 1.61. The van der Waals surface area contributed by atoms with Gasteiger partial charge in [-0.3, -0.25) is 4.79 Å². The molecule has 2 N–H and O–H groups in total. The highest BCUT2D eigenvalue weighted by Crippen LogP contribution is 2.19. The Morgan fingerprint density at radius 3 is 2.71 bits per heavy atom. The third-order valence-corrected chi connectivity index (χ3v) is 3.70. The lowest BCUT2D eigenvalue weighted by atomic mass is 9.97. The van der Waals surface area contributed by atoms with Crippen LogP contribution in [-0.2, 0) is 11.3 Å². The Morgan fingerprint density at radius 1 is 1.19 bits per heavy atom. The third-order valence-electron chi connectivity index (χ3n) is 3.70. The van der Waals surface area contributed by atoms with Crippen LogP contribution < -0.4 is 10.6 Å². The molecule has 1 aliphatic carbocycles. The summed E-state index contributed by atoms with van der Waals surface area (Å²) in [7, 11) is 0. The van der Waals surface area contributed by atoms with Crippen molar-refractivity contribution < 1.29 is 9.18 Å². The van der Waals surface area contributed by atoms with Crippen molar-refractivity contribution in [2.24, 2.45) is 0 Å². The molecule has 0 aliphatic heterocycles. The minimum Gasteiger partial charge on any atom is -0.351 e. The molecule has 114 valence electrons. The zero-order valence-electron chi connectivity index (χ0n) is 12.3. The van der Waals surface area contributed by atoms with Crippen molar-refractivity contribution >= 4 is 5.91 Å². The zero-order valence-corrected chi connectivity index (χ0v) is 12.3. The van der Waals surface area contributed by atoms with Crippen molar-refractivity contribution in [1.29, 1.82) is 0 Å². The van der Waals surface area contributed by atoms with E-state index in [1.807, 2.05) is 0 Å². The number of hydrogen-bond donors (Lipinski definition) is 2. The van der Waals surface area contributed by atoms with Crippen LogP contribution in [0.2, 0.25) is 0 Å². The molecule has 0 atom stereocenters. The number of carbonyl (C=O) groups is 1. The van der Waals surface area contributed by atoms with Gasteiger partial charge >= 0.3 is 0 Å². The van der Waals surface area contributed by atoms with Gasteiger partial charge in [0, 0.05) is 6.54 Å². The first-order chi connectivity index (χ1) is 10.2. The second-order valence-electron chi connectivity index (χ2n) is 5.44. The molecule has 0 fully saturated rings. The molecule has 0 saturated heterocycles. The highest BCUT2D eigenvalue weighted by molar-refractivity contribution is 5.77. The van der Waals surface area contributed by atoms with Crippen molar-refractivity contribution in [3.05, 3.63) is 47.3 Å². The number of rotatable bonds is 7. The Labute approximate surface area is 125 Å². The number of amides is 1. The molecule has 1 aromatic carbocycles. The monoisotopic (exact) mass is 290 g/mol. The van der Waals surface area contributed by atoms with Crippen LogP contribution in [0.3, 0.4) is 0 Å². The van der Waals surface area contributed by atoms with Gasteiger partial charge in [0.1, 0.15) is 5.82 Å². The molecule has 0 aromatic heterocycles. The van der Waals surface area contributed by atoms with Gasteiger partial charge in [-0.1, -0.05) is 23.8 Å². The van der Waals surface area contributed by atoms with E-state index in [0.29, 0.717) is 13.1 Å². The Kier molecular flexibility index (Phi) is 6.41. The molecule has 1 amide bonds. The van der Waals surface area contributed by atoms with E-state index in [0.717, 1.165) is 18.5 Å². The fourth-order valence-corrected chi connectivity index (χ4v) is 2.45. The molecular weight excluding hydrogens is 267 g/mol. The minimum absolute atomic E-state index is 0.0306. The maximum absolute atomic E-state index is 12.7. The molecule has 2 rings (SSSR count). The molecule has 3 nitrogen and oxygen atoms in total. The van der Waals surface area contributed by atoms with E-state index in [4.69, 9.17) is 0 Å². The van der Waals surface area contributed by atoms with E-state index in [1.165, 1.54) is 43.4 Å². The summed E-state index contributed by atoms with van der Waals surface area (Å²) in [5.41, 5.74) is 2.41. The van der Waals surface area contributed by atoms with Gasteiger partial charge < -0.3 is 10.6 Å². The van der Waals surface area contributed by atoms with Gasteiger partial charge in [-0.15, -0.1) is 0 Å². The number of nitrogens with one attached hydrogen (secondary N) is 2. The van der Waals surface area contributed by atoms with E-state index in [9.17, 15) is 9.18 Å². The first kappa shape index (κ1) is 15.7. The highest BCUT2D eigenvalue weighted by Gasteiger charge is 2.04. The average molecular weight is 290 g/mol. The number of halogens is 1. The van der Waals surface area contributed by atoms with Gasteiger partial charge in [0.25, 0.3) is 0 Å². The lowest BCUT2D eigenvalue weighted by Gasteiger charge is -2.13. The van der Waals surface area contributed by atoms with Crippen LogP contribution in [0.1, 0.15) is 37.7 Å².